The van der Waals surface area contributed by atoms with E-state index in [4.69, 9.17) is 4.42 Å². The van der Waals surface area contributed by atoms with Crippen LogP contribution in [-0.2, 0) is 0 Å². The van der Waals surface area contributed by atoms with Crippen molar-refractivity contribution in [3.63, 3.8) is 0 Å². The van der Waals surface area contributed by atoms with Gasteiger partial charge in [-0.05, 0) is 0 Å². The molecule has 2 aromatic heterocycles. The molecule has 0 unspecified atom stereocenters. The Balaban J connectivity index is 2.09. The highest BCUT2D eigenvalue weighted by atomic mass is 16.4. The molecule has 8 heteroatoms. The third-order valence-electron chi connectivity index (χ3n) is 2.00. The molecule has 0 bridgehead atoms. The lowest BCUT2D eigenvalue weighted by atomic mass is 10.2. The predicted octanol–water partition coefficient (Wildman–Crippen LogP) is 0.872. The molecular formula is C9H12N6O2. The molecule has 2 aromatic rings. The largest absolute Gasteiger partial charge is 0.408 e. The van der Waals surface area contributed by atoms with Gasteiger partial charge in [0, 0.05) is 12.8 Å². The summed E-state index contributed by atoms with van der Waals surface area (Å²) < 4.78 is 5.01. The van der Waals surface area contributed by atoms with Gasteiger partial charge in [0.25, 0.3) is 5.91 Å². The van der Waals surface area contributed by atoms with E-state index >= 15 is 0 Å². The molecule has 0 aliphatic heterocycles. The summed E-state index contributed by atoms with van der Waals surface area (Å²) in [6.45, 7) is 5.53. The first-order valence-electron chi connectivity index (χ1n) is 5.10. The lowest BCUT2D eigenvalue weighted by molar-refractivity contribution is 0.101. The topological polar surface area (TPSA) is 110 Å². The van der Waals surface area contributed by atoms with Gasteiger partial charge in [0.15, 0.2) is 0 Å². The number of carbonyl (C=O) groups is 1. The van der Waals surface area contributed by atoms with E-state index in [0.717, 1.165) is 0 Å². The zero-order valence-corrected chi connectivity index (χ0v) is 9.68. The molecule has 0 saturated carbocycles. The van der Waals surface area contributed by atoms with Crippen molar-refractivity contribution >= 4 is 11.9 Å². The number of aromatic nitrogens is 5. The summed E-state index contributed by atoms with van der Waals surface area (Å²) in [6, 6.07) is 0.0309. The molecule has 90 valence electrons. The zero-order chi connectivity index (χ0) is 12.4. The standard InChI is InChI=1S/C9H12N6O2/c1-4(2)6-10-7(14-13-6)8(16)11-9-15-12-5(3)17-9/h4H,1-3H3,(H,10,13,14)(H,11,15,16). The fraction of sp³-hybridized carbons (Fsp3) is 0.444. The van der Waals surface area contributed by atoms with Gasteiger partial charge in [0.2, 0.25) is 11.7 Å². The van der Waals surface area contributed by atoms with Gasteiger partial charge >= 0.3 is 6.01 Å². The number of amides is 1. The Morgan fingerprint density at radius 1 is 1.41 bits per heavy atom. The van der Waals surface area contributed by atoms with E-state index < -0.39 is 5.91 Å². The van der Waals surface area contributed by atoms with Crippen LogP contribution in [0.3, 0.4) is 0 Å². The maximum atomic E-state index is 11.7. The van der Waals surface area contributed by atoms with Crippen molar-refractivity contribution in [2.24, 2.45) is 0 Å². The van der Waals surface area contributed by atoms with Gasteiger partial charge in [-0.25, -0.2) is 4.98 Å². The molecule has 0 spiro atoms. The number of carbonyl (C=O) groups excluding carboxylic acids is 1. The van der Waals surface area contributed by atoms with Crippen LogP contribution in [0, 0.1) is 6.92 Å². The molecule has 2 rings (SSSR count). The number of aromatic amines is 1. The Morgan fingerprint density at radius 2 is 2.18 bits per heavy atom. The van der Waals surface area contributed by atoms with Crippen molar-refractivity contribution in [3.8, 4) is 0 Å². The minimum atomic E-state index is -0.489. The lowest BCUT2D eigenvalue weighted by Crippen LogP contribution is -2.14. The van der Waals surface area contributed by atoms with Crippen LogP contribution in [0.25, 0.3) is 0 Å². The molecule has 17 heavy (non-hydrogen) atoms. The molecular weight excluding hydrogens is 224 g/mol. The maximum absolute atomic E-state index is 11.7. The number of rotatable bonds is 3. The fourth-order valence-corrected chi connectivity index (χ4v) is 1.13. The number of hydrogen-bond donors (Lipinski definition) is 2. The van der Waals surface area contributed by atoms with Crippen molar-refractivity contribution in [1.82, 2.24) is 25.4 Å². The van der Waals surface area contributed by atoms with Crippen LogP contribution < -0.4 is 5.32 Å². The molecule has 2 N–H and O–H groups in total. The zero-order valence-electron chi connectivity index (χ0n) is 9.68. The number of H-pyrrole nitrogens is 1. The predicted molar refractivity (Wildman–Crippen MR) is 57.5 cm³/mol. The minimum Gasteiger partial charge on any atom is -0.408 e. The molecule has 0 aromatic carbocycles. The molecule has 0 fully saturated rings. The summed E-state index contributed by atoms with van der Waals surface area (Å²) in [7, 11) is 0. The van der Waals surface area contributed by atoms with Crippen LogP contribution >= 0.6 is 0 Å². The van der Waals surface area contributed by atoms with Crippen LogP contribution in [0.15, 0.2) is 4.42 Å². The second kappa shape index (κ2) is 4.32. The summed E-state index contributed by atoms with van der Waals surface area (Å²) in [5, 5.41) is 16.1. The third-order valence-corrected chi connectivity index (χ3v) is 2.00. The van der Waals surface area contributed by atoms with Gasteiger partial charge < -0.3 is 4.42 Å². The van der Waals surface area contributed by atoms with Crippen LogP contribution in [-0.4, -0.2) is 31.3 Å². The molecule has 0 aliphatic rings. The molecule has 0 aliphatic carbocycles. The summed E-state index contributed by atoms with van der Waals surface area (Å²) in [5.74, 6) is 0.756. The van der Waals surface area contributed by atoms with Gasteiger partial charge in [-0.2, -0.15) is 0 Å². The summed E-state index contributed by atoms with van der Waals surface area (Å²) >= 11 is 0. The Labute approximate surface area is 96.8 Å². The smallest absolute Gasteiger partial charge is 0.322 e. The van der Waals surface area contributed by atoms with Crippen LogP contribution in [0.2, 0.25) is 0 Å². The monoisotopic (exact) mass is 236 g/mol. The van der Waals surface area contributed by atoms with Crippen molar-refractivity contribution in [2.45, 2.75) is 26.7 Å². The van der Waals surface area contributed by atoms with Crippen LogP contribution in [0.5, 0.6) is 0 Å². The first-order valence-corrected chi connectivity index (χ1v) is 5.10. The first kappa shape index (κ1) is 11.2. The fourth-order valence-electron chi connectivity index (χ4n) is 1.13. The lowest BCUT2D eigenvalue weighted by Gasteiger charge is -1.95. The van der Waals surface area contributed by atoms with Crippen LogP contribution in [0.4, 0.5) is 6.01 Å². The molecule has 0 atom stereocenters. The number of anilines is 1. The first-order chi connectivity index (χ1) is 8.06. The number of nitrogens with one attached hydrogen (secondary N) is 2. The van der Waals surface area contributed by atoms with Crippen LogP contribution in [0.1, 0.15) is 42.1 Å². The average Bonchev–Trinajstić information content (AvgIpc) is 2.86. The van der Waals surface area contributed by atoms with E-state index in [9.17, 15) is 4.79 Å². The van der Waals surface area contributed by atoms with E-state index in [1.54, 1.807) is 6.92 Å². The normalized spacial score (nSPS) is 10.8. The third kappa shape index (κ3) is 2.47. The quantitative estimate of drug-likeness (QED) is 0.818. The maximum Gasteiger partial charge on any atom is 0.322 e. The summed E-state index contributed by atoms with van der Waals surface area (Å²) in [5.41, 5.74) is 0. The number of nitrogens with zero attached hydrogens (tertiary/aromatic N) is 4. The Hall–Kier alpha value is -2.25. The van der Waals surface area contributed by atoms with E-state index in [1.165, 1.54) is 0 Å². The summed E-state index contributed by atoms with van der Waals surface area (Å²) in [6.07, 6.45) is 0. The van der Waals surface area contributed by atoms with Crippen molar-refractivity contribution in [1.29, 1.82) is 0 Å². The SMILES string of the molecule is Cc1nnc(NC(=O)c2n[nH]c(C(C)C)n2)o1. The highest BCUT2D eigenvalue weighted by molar-refractivity contribution is 6.00. The molecule has 0 saturated heterocycles. The van der Waals surface area contributed by atoms with Gasteiger partial charge in [0.05, 0.1) is 0 Å². The highest BCUT2D eigenvalue weighted by Gasteiger charge is 2.16. The molecule has 8 nitrogen and oxygen atoms in total. The average molecular weight is 236 g/mol. The number of aryl methyl sites for hydroxylation is 1. The second-order valence-corrected chi connectivity index (χ2v) is 3.78. The molecule has 0 radical (unpaired) electrons. The molecule has 2 heterocycles. The van der Waals surface area contributed by atoms with E-state index in [0.29, 0.717) is 11.7 Å². The Morgan fingerprint density at radius 3 is 2.71 bits per heavy atom. The van der Waals surface area contributed by atoms with Gasteiger partial charge in [-0.1, -0.05) is 18.9 Å². The van der Waals surface area contributed by atoms with Gasteiger partial charge in [-0.3, -0.25) is 15.2 Å². The van der Waals surface area contributed by atoms with E-state index in [-0.39, 0.29) is 17.8 Å². The minimum absolute atomic E-state index is 0.0309. The van der Waals surface area contributed by atoms with E-state index in [1.807, 2.05) is 13.8 Å². The van der Waals surface area contributed by atoms with Gasteiger partial charge in [0.1, 0.15) is 5.82 Å². The number of hydrogen-bond acceptors (Lipinski definition) is 6. The highest BCUT2D eigenvalue weighted by Crippen LogP contribution is 2.09. The Bertz CT molecular complexity index is 529. The Kier molecular flexibility index (Phi) is 2.86. The summed E-state index contributed by atoms with van der Waals surface area (Å²) in [4.78, 5) is 15.7. The second-order valence-electron chi connectivity index (χ2n) is 3.78. The molecule has 1 amide bonds. The van der Waals surface area contributed by atoms with E-state index in [2.05, 4.69) is 30.7 Å². The van der Waals surface area contributed by atoms with Crippen molar-refractivity contribution in [2.75, 3.05) is 5.32 Å². The van der Waals surface area contributed by atoms with Gasteiger partial charge in [-0.15, -0.1) is 10.2 Å². The van der Waals surface area contributed by atoms with Crippen molar-refractivity contribution in [3.05, 3.63) is 17.5 Å². The van der Waals surface area contributed by atoms with Crippen molar-refractivity contribution < 1.29 is 9.21 Å².